The molecule has 0 unspecified atom stereocenters. The lowest BCUT2D eigenvalue weighted by Crippen LogP contribution is -2.13. The van der Waals surface area contributed by atoms with Gasteiger partial charge in [0.15, 0.2) is 4.80 Å². The van der Waals surface area contributed by atoms with Gasteiger partial charge in [0.05, 0.1) is 0 Å². The zero-order chi connectivity index (χ0) is 7.40. The molecule has 0 saturated carbocycles. The van der Waals surface area contributed by atoms with Gasteiger partial charge in [-0.2, -0.15) is 11.8 Å². The van der Waals surface area contributed by atoms with Gasteiger partial charge in [0.1, 0.15) is 0 Å². The molecule has 5 heteroatoms. The molecule has 1 aromatic rings. The van der Waals surface area contributed by atoms with E-state index in [-0.39, 0.29) is 12.4 Å². The van der Waals surface area contributed by atoms with E-state index in [4.69, 9.17) is 5.41 Å². The summed E-state index contributed by atoms with van der Waals surface area (Å²) in [7, 11) is 0. The Kier molecular flexibility index (Phi) is 5.72. The van der Waals surface area contributed by atoms with Crippen molar-refractivity contribution in [2.45, 2.75) is 6.54 Å². The summed E-state index contributed by atoms with van der Waals surface area (Å²) >= 11 is 3.28. The van der Waals surface area contributed by atoms with Crippen LogP contribution in [0.4, 0.5) is 0 Å². The van der Waals surface area contributed by atoms with E-state index in [1.807, 2.05) is 27.9 Å². The van der Waals surface area contributed by atoms with E-state index in [2.05, 4.69) is 6.26 Å². The molecule has 0 saturated heterocycles. The zero-order valence-corrected chi connectivity index (χ0v) is 8.69. The summed E-state index contributed by atoms with van der Waals surface area (Å²) in [6, 6.07) is 0. The average molecular weight is 211 g/mol. The van der Waals surface area contributed by atoms with E-state index < -0.39 is 0 Å². The van der Waals surface area contributed by atoms with Crippen LogP contribution in [-0.4, -0.2) is 16.6 Å². The third-order valence-corrected chi connectivity index (χ3v) is 2.52. The molecular weight excluding hydrogens is 200 g/mol. The standard InChI is InChI=1S/C6H10N2S2.ClH/c1-9-4-2-8-3-5-10-6(8)7;/h3,5,7H,2,4H2,1H3;1H. The number of aromatic nitrogens is 1. The van der Waals surface area contributed by atoms with Crippen molar-refractivity contribution in [1.29, 1.82) is 5.41 Å². The molecule has 64 valence electrons. The van der Waals surface area contributed by atoms with Crippen molar-refractivity contribution in [3.8, 4) is 0 Å². The molecule has 1 aromatic heterocycles. The van der Waals surface area contributed by atoms with Gasteiger partial charge in [-0.3, -0.25) is 5.41 Å². The van der Waals surface area contributed by atoms with Crippen LogP contribution in [0.3, 0.4) is 0 Å². The Bertz CT molecular complexity index is 243. The first-order valence-electron chi connectivity index (χ1n) is 3.02. The third kappa shape index (κ3) is 3.31. The molecule has 0 atom stereocenters. The number of aryl methyl sites for hydroxylation is 1. The second kappa shape index (κ2) is 5.69. The Morgan fingerprint density at radius 1 is 1.73 bits per heavy atom. The van der Waals surface area contributed by atoms with Gasteiger partial charge in [-0.15, -0.1) is 23.7 Å². The minimum atomic E-state index is 0. The van der Waals surface area contributed by atoms with Crippen LogP contribution in [0.5, 0.6) is 0 Å². The lowest BCUT2D eigenvalue weighted by Gasteiger charge is -1.97. The largest absolute Gasteiger partial charge is 0.323 e. The molecule has 2 nitrogen and oxygen atoms in total. The number of rotatable bonds is 3. The van der Waals surface area contributed by atoms with Crippen molar-refractivity contribution >= 4 is 35.5 Å². The second-order valence-corrected chi connectivity index (χ2v) is 3.77. The van der Waals surface area contributed by atoms with Crippen LogP contribution in [-0.2, 0) is 6.54 Å². The Morgan fingerprint density at radius 2 is 2.45 bits per heavy atom. The van der Waals surface area contributed by atoms with Crippen LogP contribution >= 0.6 is 35.5 Å². The summed E-state index contributed by atoms with van der Waals surface area (Å²) in [6.45, 7) is 0.962. The maximum Gasteiger partial charge on any atom is 0.181 e. The topological polar surface area (TPSA) is 28.8 Å². The van der Waals surface area contributed by atoms with Crippen molar-refractivity contribution in [2.24, 2.45) is 0 Å². The monoisotopic (exact) mass is 210 g/mol. The normalized spacial score (nSPS) is 9.18. The SMILES string of the molecule is CSCCn1ccsc1=N.Cl. The van der Waals surface area contributed by atoms with Crippen LogP contribution < -0.4 is 4.80 Å². The van der Waals surface area contributed by atoms with Gasteiger partial charge in [-0.25, -0.2) is 0 Å². The highest BCUT2D eigenvalue weighted by Crippen LogP contribution is 1.94. The maximum absolute atomic E-state index is 7.40. The molecule has 0 radical (unpaired) electrons. The molecule has 0 fully saturated rings. The van der Waals surface area contributed by atoms with E-state index in [0.717, 1.165) is 12.3 Å². The number of nitrogens with one attached hydrogen (secondary N) is 1. The minimum Gasteiger partial charge on any atom is -0.323 e. The Balaban J connectivity index is 0.000001000. The molecule has 11 heavy (non-hydrogen) atoms. The Hall–Kier alpha value is 0.0700. The van der Waals surface area contributed by atoms with Gasteiger partial charge in [0.2, 0.25) is 0 Å². The first-order valence-corrected chi connectivity index (χ1v) is 5.29. The predicted molar refractivity (Wildman–Crippen MR) is 53.8 cm³/mol. The minimum absolute atomic E-state index is 0. The number of halogens is 1. The van der Waals surface area contributed by atoms with Crippen LogP contribution in [0.2, 0.25) is 0 Å². The van der Waals surface area contributed by atoms with Crippen LogP contribution in [0.25, 0.3) is 0 Å². The highest BCUT2D eigenvalue weighted by Gasteiger charge is 1.90. The van der Waals surface area contributed by atoms with Gasteiger partial charge >= 0.3 is 0 Å². The lowest BCUT2D eigenvalue weighted by molar-refractivity contribution is 0.736. The first kappa shape index (κ1) is 11.1. The fourth-order valence-corrected chi connectivity index (χ4v) is 1.67. The van der Waals surface area contributed by atoms with E-state index in [9.17, 15) is 0 Å². The number of thiazole rings is 1. The number of hydrogen-bond acceptors (Lipinski definition) is 3. The molecule has 0 bridgehead atoms. The Labute approximate surface area is 80.6 Å². The molecule has 1 N–H and O–H groups in total. The molecular formula is C6H11ClN2S2. The van der Waals surface area contributed by atoms with Gasteiger partial charge in [-0.05, 0) is 6.26 Å². The van der Waals surface area contributed by atoms with Gasteiger partial charge in [0, 0.05) is 23.9 Å². The van der Waals surface area contributed by atoms with Crippen molar-refractivity contribution in [1.82, 2.24) is 4.57 Å². The van der Waals surface area contributed by atoms with Crippen molar-refractivity contribution < 1.29 is 0 Å². The van der Waals surface area contributed by atoms with E-state index in [0.29, 0.717) is 4.80 Å². The van der Waals surface area contributed by atoms with Crippen LogP contribution in [0.1, 0.15) is 0 Å². The van der Waals surface area contributed by atoms with Crippen LogP contribution in [0.15, 0.2) is 11.6 Å². The summed E-state index contributed by atoms with van der Waals surface area (Å²) in [5.74, 6) is 1.09. The van der Waals surface area contributed by atoms with Crippen LogP contribution in [0, 0.1) is 5.41 Å². The fourth-order valence-electron chi connectivity index (χ4n) is 0.669. The van der Waals surface area contributed by atoms with Gasteiger partial charge in [-0.1, -0.05) is 0 Å². The van der Waals surface area contributed by atoms with Crippen molar-refractivity contribution in [3.05, 3.63) is 16.4 Å². The summed E-state index contributed by atoms with van der Waals surface area (Å²) in [5.41, 5.74) is 0. The predicted octanol–water partition coefficient (Wildman–Crippen LogP) is 1.81. The second-order valence-electron chi connectivity index (χ2n) is 1.89. The molecule has 0 aliphatic carbocycles. The molecule has 0 amide bonds. The van der Waals surface area contributed by atoms with Crippen molar-refractivity contribution in [3.63, 3.8) is 0 Å². The quantitative estimate of drug-likeness (QED) is 0.810. The Morgan fingerprint density at radius 3 is 2.91 bits per heavy atom. The smallest absolute Gasteiger partial charge is 0.181 e. The van der Waals surface area contributed by atoms with Gasteiger partial charge < -0.3 is 4.57 Å². The van der Waals surface area contributed by atoms with E-state index in [1.54, 1.807) is 0 Å². The summed E-state index contributed by atoms with van der Waals surface area (Å²) in [4.78, 5) is 0.647. The summed E-state index contributed by atoms with van der Waals surface area (Å²) in [5, 5.41) is 9.35. The number of hydrogen-bond donors (Lipinski definition) is 1. The van der Waals surface area contributed by atoms with E-state index in [1.165, 1.54) is 11.3 Å². The molecule has 0 aliphatic rings. The molecule has 0 aromatic carbocycles. The number of thioether (sulfide) groups is 1. The average Bonchev–Trinajstić information content (AvgIpc) is 2.31. The zero-order valence-electron chi connectivity index (χ0n) is 6.24. The lowest BCUT2D eigenvalue weighted by atomic mass is 10.7. The summed E-state index contributed by atoms with van der Waals surface area (Å²) < 4.78 is 1.96. The molecule has 1 heterocycles. The summed E-state index contributed by atoms with van der Waals surface area (Å²) in [6.07, 6.45) is 4.04. The highest BCUT2D eigenvalue weighted by molar-refractivity contribution is 7.98. The third-order valence-electron chi connectivity index (χ3n) is 1.22. The first-order chi connectivity index (χ1) is 4.84. The molecule has 1 rings (SSSR count). The van der Waals surface area contributed by atoms with Crippen molar-refractivity contribution in [2.75, 3.05) is 12.0 Å². The van der Waals surface area contributed by atoms with E-state index >= 15 is 0 Å². The maximum atomic E-state index is 7.40. The molecule has 0 aliphatic heterocycles. The number of nitrogens with zero attached hydrogens (tertiary/aromatic N) is 1. The molecule has 0 spiro atoms. The van der Waals surface area contributed by atoms with Gasteiger partial charge in [0.25, 0.3) is 0 Å². The fraction of sp³-hybridized carbons (Fsp3) is 0.500. The highest BCUT2D eigenvalue weighted by atomic mass is 35.5.